The quantitative estimate of drug-likeness (QED) is 0.325. The number of aryl methyl sites for hydroxylation is 1. The van der Waals surface area contributed by atoms with E-state index in [1.54, 1.807) is 6.92 Å². The topological polar surface area (TPSA) is 162 Å². The fourth-order valence-electron chi connectivity index (χ4n) is 2.74. The van der Waals surface area contributed by atoms with Gasteiger partial charge < -0.3 is 9.26 Å². The molecule has 3 rings (SSSR count). The summed E-state index contributed by atoms with van der Waals surface area (Å²) in [5, 5.41) is 16.7. The van der Waals surface area contributed by atoms with Crippen LogP contribution in [0, 0.1) is 17.0 Å². The van der Waals surface area contributed by atoms with Crippen LogP contribution < -0.4 is 5.32 Å². The number of hydrogen-bond donors (Lipinski definition) is 1. The molecule has 0 saturated heterocycles. The third-order valence-electron chi connectivity index (χ3n) is 4.06. The van der Waals surface area contributed by atoms with Gasteiger partial charge in [0.15, 0.2) is 0 Å². The second-order valence-electron chi connectivity index (χ2n) is 5.92. The normalized spacial score (nSPS) is 12.7. The Labute approximate surface area is 162 Å². The molecule has 0 atom stereocenters. The molecule has 12 nitrogen and oxygen atoms in total. The lowest BCUT2D eigenvalue weighted by Crippen LogP contribution is -2.37. The summed E-state index contributed by atoms with van der Waals surface area (Å²) >= 11 is 0. The van der Waals surface area contributed by atoms with Crippen LogP contribution >= 0.6 is 0 Å². The molecule has 1 aliphatic heterocycles. The number of carbonyl (C=O) groups is 4. The van der Waals surface area contributed by atoms with Crippen LogP contribution in [-0.4, -0.2) is 51.8 Å². The van der Waals surface area contributed by atoms with Crippen LogP contribution in [0.25, 0.3) is 0 Å². The van der Waals surface area contributed by atoms with Crippen molar-refractivity contribution < 1.29 is 33.4 Å². The molecule has 1 N–H and O–H groups in total. The van der Waals surface area contributed by atoms with E-state index < -0.39 is 35.2 Å². The summed E-state index contributed by atoms with van der Waals surface area (Å²) in [5.74, 6) is -3.49. The Morgan fingerprint density at radius 2 is 1.97 bits per heavy atom. The van der Waals surface area contributed by atoms with E-state index in [9.17, 15) is 29.3 Å². The molecule has 12 heteroatoms. The zero-order chi connectivity index (χ0) is 21.3. The number of nitrogens with zero attached hydrogens (tertiary/aromatic N) is 3. The molecule has 0 saturated carbocycles. The van der Waals surface area contributed by atoms with E-state index in [0.717, 1.165) is 18.2 Å². The standard InChI is InChI=1S/C17H14N4O8/c1-3-28-17(25)13-8(2)19-29-14(13)18-12(22)7-20-15(23)10-5-4-9(21(26)27)6-11(10)16(20)24/h4-6H,3,7H2,1-2H3,(H,18,22). The molecule has 1 aromatic carbocycles. The second kappa shape index (κ2) is 7.50. The Morgan fingerprint density at radius 3 is 2.62 bits per heavy atom. The molecule has 0 spiro atoms. The summed E-state index contributed by atoms with van der Waals surface area (Å²) < 4.78 is 9.78. The van der Waals surface area contributed by atoms with Crippen molar-refractivity contribution in [3.8, 4) is 0 Å². The first kappa shape index (κ1) is 19.7. The lowest BCUT2D eigenvalue weighted by Gasteiger charge is -2.12. The minimum Gasteiger partial charge on any atom is -0.462 e. The molecule has 150 valence electrons. The van der Waals surface area contributed by atoms with Crippen LogP contribution in [0.2, 0.25) is 0 Å². The fourth-order valence-corrected chi connectivity index (χ4v) is 2.74. The highest BCUT2D eigenvalue weighted by Crippen LogP contribution is 2.27. The van der Waals surface area contributed by atoms with Gasteiger partial charge in [0, 0.05) is 12.1 Å². The fraction of sp³-hybridized carbons (Fsp3) is 0.235. The van der Waals surface area contributed by atoms with Crippen molar-refractivity contribution in [1.29, 1.82) is 0 Å². The lowest BCUT2D eigenvalue weighted by atomic mass is 10.1. The molecule has 2 heterocycles. The number of benzene rings is 1. The van der Waals surface area contributed by atoms with Gasteiger partial charge in [0.25, 0.3) is 17.5 Å². The molecule has 0 aliphatic carbocycles. The molecule has 3 amide bonds. The molecule has 0 bridgehead atoms. The number of ether oxygens (including phenoxy) is 1. The van der Waals surface area contributed by atoms with E-state index in [1.807, 2.05) is 0 Å². The van der Waals surface area contributed by atoms with Crippen LogP contribution in [0.15, 0.2) is 22.7 Å². The number of esters is 1. The van der Waals surface area contributed by atoms with Gasteiger partial charge in [-0.05, 0) is 19.9 Å². The molecular formula is C17H14N4O8. The highest BCUT2D eigenvalue weighted by atomic mass is 16.6. The van der Waals surface area contributed by atoms with Crippen LogP contribution in [0.5, 0.6) is 0 Å². The number of aromatic nitrogens is 1. The summed E-state index contributed by atoms with van der Waals surface area (Å²) in [6.45, 7) is 2.48. The van der Waals surface area contributed by atoms with E-state index >= 15 is 0 Å². The lowest BCUT2D eigenvalue weighted by molar-refractivity contribution is -0.384. The van der Waals surface area contributed by atoms with Gasteiger partial charge in [-0.2, -0.15) is 0 Å². The molecule has 2 aromatic rings. The smallest absolute Gasteiger partial charge is 0.345 e. The number of hydrogen-bond acceptors (Lipinski definition) is 9. The zero-order valence-corrected chi connectivity index (χ0v) is 15.3. The number of rotatable bonds is 6. The van der Waals surface area contributed by atoms with E-state index in [-0.39, 0.29) is 40.6 Å². The summed E-state index contributed by atoms with van der Waals surface area (Å²) in [7, 11) is 0. The maximum Gasteiger partial charge on any atom is 0.345 e. The Bertz CT molecular complexity index is 1060. The third kappa shape index (κ3) is 3.54. The number of nitro groups is 1. The van der Waals surface area contributed by atoms with Crippen LogP contribution in [0.4, 0.5) is 11.6 Å². The Balaban J connectivity index is 1.77. The van der Waals surface area contributed by atoms with Gasteiger partial charge in [-0.25, -0.2) is 4.79 Å². The summed E-state index contributed by atoms with van der Waals surface area (Å²) in [5.41, 5.74) is -0.465. The number of carbonyl (C=O) groups excluding carboxylic acids is 4. The Hall–Kier alpha value is -4.09. The molecule has 1 aliphatic rings. The number of imide groups is 1. The highest BCUT2D eigenvalue weighted by Gasteiger charge is 2.38. The van der Waals surface area contributed by atoms with Crippen LogP contribution in [-0.2, 0) is 9.53 Å². The Morgan fingerprint density at radius 1 is 1.28 bits per heavy atom. The predicted octanol–water partition coefficient (Wildman–Crippen LogP) is 1.30. The maximum atomic E-state index is 12.4. The minimum absolute atomic E-state index is 0.0453. The van der Waals surface area contributed by atoms with Gasteiger partial charge in [-0.1, -0.05) is 5.16 Å². The van der Waals surface area contributed by atoms with Crippen molar-refractivity contribution in [3.05, 3.63) is 50.7 Å². The number of non-ortho nitro benzene ring substituents is 1. The molecule has 0 unspecified atom stereocenters. The van der Waals surface area contributed by atoms with Gasteiger partial charge in [0.05, 0.1) is 28.4 Å². The SMILES string of the molecule is CCOC(=O)c1c(C)noc1NC(=O)CN1C(=O)c2ccc([N+](=O)[O-])cc2C1=O. The summed E-state index contributed by atoms with van der Waals surface area (Å²) in [6, 6.07) is 3.23. The first-order chi connectivity index (χ1) is 13.7. The summed E-state index contributed by atoms with van der Waals surface area (Å²) in [6.07, 6.45) is 0. The van der Waals surface area contributed by atoms with Gasteiger partial charge in [-0.3, -0.25) is 34.7 Å². The van der Waals surface area contributed by atoms with E-state index in [0.29, 0.717) is 4.90 Å². The van der Waals surface area contributed by atoms with E-state index in [1.165, 1.54) is 6.92 Å². The van der Waals surface area contributed by atoms with Crippen molar-refractivity contribution in [3.63, 3.8) is 0 Å². The molecule has 1 aromatic heterocycles. The maximum absolute atomic E-state index is 12.4. The van der Waals surface area contributed by atoms with Gasteiger partial charge in [0.1, 0.15) is 12.1 Å². The summed E-state index contributed by atoms with van der Waals surface area (Å²) in [4.78, 5) is 59.9. The van der Waals surface area contributed by atoms with Crippen molar-refractivity contribution in [1.82, 2.24) is 10.1 Å². The number of anilines is 1. The van der Waals surface area contributed by atoms with Gasteiger partial charge >= 0.3 is 5.97 Å². The van der Waals surface area contributed by atoms with E-state index in [2.05, 4.69) is 10.5 Å². The van der Waals surface area contributed by atoms with Crippen molar-refractivity contribution in [2.75, 3.05) is 18.5 Å². The van der Waals surface area contributed by atoms with Crippen molar-refractivity contribution in [2.45, 2.75) is 13.8 Å². The predicted molar refractivity (Wildman–Crippen MR) is 94.3 cm³/mol. The van der Waals surface area contributed by atoms with E-state index in [4.69, 9.17) is 9.26 Å². The minimum atomic E-state index is -0.844. The average molecular weight is 402 g/mol. The number of amides is 3. The van der Waals surface area contributed by atoms with Crippen LogP contribution in [0.3, 0.4) is 0 Å². The molecule has 0 radical (unpaired) electrons. The zero-order valence-electron chi connectivity index (χ0n) is 15.3. The molecular weight excluding hydrogens is 388 g/mol. The first-order valence-electron chi connectivity index (χ1n) is 8.32. The second-order valence-corrected chi connectivity index (χ2v) is 5.92. The van der Waals surface area contributed by atoms with Crippen molar-refractivity contribution >= 4 is 35.3 Å². The largest absolute Gasteiger partial charge is 0.462 e. The van der Waals surface area contributed by atoms with Gasteiger partial charge in [0.2, 0.25) is 11.8 Å². The molecule has 0 fully saturated rings. The number of fused-ring (bicyclic) bond motifs is 1. The number of nitrogens with one attached hydrogen (secondary N) is 1. The highest BCUT2D eigenvalue weighted by molar-refractivity contribution is 6.23. The third-order valence-corrected chi connectivity index (χ3v) is 4.06. The average Bonchev–Trinajstić information content (AvgIpc) is 3.14. The molecule has 29 heavy (non-hydrogen) atoms. The number of nitro benzene ring substituents is 1. The first-order valence-corrected chi connectivity index (χ1v) is 8.32. The van der Waals surface area contributed by atoms with Gasteiger partial charge in [-0.15, -0.1) is 0 Å². The van der Waals surface area contributed by atoms with Crippen molar-refractivity contribution in [2.24, 2.45) is 0 Å². The van der Waals surface area contributed by atoms with Crippen LogP contribution in [0.1, 0.15) is 43.7 Å². The Kier molecular flexibility index (Phi) is 5.08. The monoisotopic (exact) mass is 402 g/mol.